The minimum Gasteiger partial charge on any atom is -0.355 e. The van der Waals surface area contributed by atoms with Gasteiger partial charge in [-0.2, -0.15) is 0 Å². The van der Waals surface area contributed by atoms with Gasteiger partial charge in [-0.3, -0.25) is 14.5 Å². The lowest BCUT2D eigenvalue weighted by atomic mass is 9.81. The normalized spacial score (nSPS) is 18.1. The predicted molar refractivity (Wildman–Crippen MR) is 127 cm³/mol. The van der Waals surface area contributed by atoms with Crippen molar-refractivity contribution in [2.75, 3.05) is 25.0 Å². The van der Waals surface area contributed by atoms with Gasteiger partial charge in [-0.15, -0.1) is 0 Å². The first-order chi connectivity index (χ1) is 14.5. The molecule has 1 unspecified atom stereocenters. The lowest BCUT2D eigenvalue weighted by molar-refractivity contribution is -0.129. The van der Waals surface area contributed by atoms with Crippen molar-refractivity contribution in [1.29, 1.82) is 0 Å². The van der Waals surface area contributed by atoms with Crippen molar-refractivity contribution < 1.29 is 9.59 Å². The highest BCUT2D eigenvalue weighted by Crippen LogP contribution is 2.45. The number of hydrogen-bond donors (Lipinski definition) is 2. The summed E-state index contributed by atoms with van der Waals surface area (Å²) in [6, 6.07) is 13.1. The van der Waals surface area contributed by atoms with E-state index in [0.29, 0.717) is 36.1 Å². The summed E-state index contributed by atoms with van der Waals surface area (Å²) in [7, 11) is 0. The van der Waals surface area contributed by atoms with Crippen LogP contribution in [-0.2, 0) is 21.5 Å². The van der Waals surface area contributed by atoms with Crippen LogP contribution in [0.3, 0.4) is 0 Å². The van der Waals surface area contributed by atoms with E-state index in [1.54, 1.807) is 6.07 Å². The van der Waals surface area contributed by atoms with Crippen molar-refractivity contribution >= 4 is 40.7 Å². The summed E-state index contributed by atoms with van der Waals surface area (Å²) < 4.78 is 0. The van der Waals surface area contributed by atoms with Gasteiger partial charge < -0.3 is 10.6 Å². The molecule has 7 heteroatoms. The minimum atomic E-state index is -0.948. The number of nitrogens with one attached hydrogen (secondary N) is 2. The summed E-state index contributed by atoms with van der Waals surface area (Å²) in [6.45, 7) is 9.53. The topological polar surface area (TPSA) is 61.4 Å². The van der Waals surface area contributed by atoms with Crippen LogP contribution in [0.25, 0.3) is 0 Å². The van der Waals surface area contributed by atoms with Crippen molar-refractivity contribution in [1.82, 2.24) is 10.2 Å². The van der Waals surface area contributed by atoms with E-state index in [0.717, 1.165) is 16.8 Å². The number of hydrogen-bond acceptors (Lipinski definition) is 3. The number of carbonyl (C=O) groups is 2. The second kappa shape index (κ2) is 9.19. The first-order valence-electron chi connectivity index (χ1n) is 10.4. The molecule has 0 radical (unpaired) electrons. The van der Waals surface area contributed by atoms with Crippen LogP contribution in [0.4, 0.5) is 5.69 Å². The fourth-order valence-corrected chi connectivity index (χ4v) is 4.60. The first kappa shape index (κ1) is 23.6. The third-order valence-electron chi connectivity index (χ3n) is 5.36. The van der Waals surface area contributed by atoms with Gasteiger partial charge in [0, 0.05) is 54.3 Å². The highest BCUT2D eigenvalue weighted by atomic mass is 35.5. The number of carbonyl (C=O) groups excluding carboxylic acids is 2. The molecule has 1 atom stereocenters. The second-order valence-electron chi connectivity index (χ2n) is 9.28. The molecule has 0 aromatic heterocycles. The number of halogens is 2. The van der Waals surface area contributed by atoms with Crippen LogP contribution in [0, 0.1) is 5.41 Å². The molecule has 2 aromatic rings. The average Bonchev–Trinajstić information content (AvgIpc) is 2.91. The standard InChI is InChI=1S/C24H29Cl2N3O2/c1-16(30)27-10-11-29(15-23(2,3)4)24(14-17-6-5-7-18(25)12-17)20-9-8-19(26)13-21(20)28-22(24)31/h5-9,12-13H,10-11,14-15H2,1-4H3,(H,27,30)(H,28,31). The van der Waals surface area contributed by atoms with Gasteiger partial charge in [0.2, 0.25) is 11.8 Å². The van der Waals surface area contributed by atoms with Crippen LogP contribution in [-0.4, -0.2) is 36.3 Å². The van der Waals surface area contributed by atoms with Gasteiger partial charge in [-0.05, 0) is 35.2 Å². The van der Waals surface area contributed by atoms with E-state index >= 15 is 0 Å². The van der Waals surface area contributed by atoms with Crippen LogP contribution in [0.2, 0.25) is 10.0 Å². The summed E-state index contributed by atoms with van der Waals surface area (Å²) in [5.74, 6) is -0.195. The Kier molecular flexibility index (Phi) is 6.99. The number of benzene rings is 2. The number of nitrogens with zero attached hydrogens (tertiary/aromatic N) is 1. The molecule has 0 bridgehead atoms. The largest absolute Gasteiger partial charge is 0.355 e. The quantitative estimate of drug-likeness (QED) is 0.618. The Hall–Kier alpha value is -2.08. The summed E-state index contributed by atoms with van der Waals surface area (Å²) >= 11 is 12.5. The molecular weight excluding hydrogens is 433 g/mol. The molecule has 0 aliphatic carbocycles. The van der Waals surface area contributed by atoms with Gasteiger partial charge in [0.1, 0.15) is 5.54 Å². The van der Waals surface area contributed by atoms with Gasteiger partial charge in [0.05, 0.1) is 0 Å². The van der Waals surface area contributed by atoms with Crippen molar-refractivity contribution in [3.63, 3.8) is 0 Å². The zero-order valence-corrected chi connectivity index (χ0v) is 19.9. The average molecular weight is 462 g/mol. The van der Waals surface area contributed by atoms with Crippen LogP contribution in [0.1, 0.15) is 38.8 Å². The fourth-order valence-electron chi connectivity index (χ4n) is 4.22. The summed E-state index contributed by atoms with van der Waals surface area (Å²) in [4.78, 5) is 27.3. The molecule has 2 amide bonds. The van der Waals surface area contributed by atoms with Gasteiger partial charge in [-0.1, -0.05) is 62.2 Å². The molecule has 1 aliphatic heterocycles. The van der Waals surface area contributed by atoms with E-state index < -0.39 is 5.54 Å². The van der Waals surface area contributed by atoms with Crippen molar-refractivity contribution in [2.24, 2.45) is 5.41 Å². The molecule has 3 rings (SSSR count). The van der Waals surface area contributed by atoms with Crippen LogP contribution < -0.4 is 10.6 Å². The van der Waals surface area contributed by atoms with E-state index in [4.69, 9.17) is 23.2 Å². The maximum absolute atomic E-state index is 13.7. The smallest absolute Gasteiger partial charge is 0.249 e. The SMILES string of the molecule is CC(=O)NCCN(CC(C)(C)C)C1(Cc2cccc(Cl)c2)C(=O)Nc2cc(Cl)ccc21. The van der Waals surface area contributed by atoms with Crippen molar-refractivity contribution in [2.45, 2.75) is 39.7 Å². The third kappa shape index (κ3) is 5.40. The molecule has 2 aromatic carbocycles. The van der Waals surface area contributed by atoms with E-state index in [1.165, 1.54) is 6.92 Å². The van der Waals surface area contributed by atoms with E-state index in [1.807, 2.05) is 36.4 Å². The van der Waals surface area contributed by atoms with E-state index in [2.05, 4.69) is 36.3 Å². The number of rotatable bonds is 7. The Morgan fingerprint density at radius 2 is 1.84 bits per heavy atom. The van der Waals surface area contributed by atoms with Crippen LogP contribution in [0.15, 0.2) is 42.5 Å². The highest BCUT2D eigenvalue weighted by Gasteiger charge is 2.51. The molecule has 1 heterocycles. The zero-order valence-electron chi connectivity index (χ0n) is 18.4. The maximum Gasteiger partial charge on any atom is 0.249 e. The molecule has 0 fully saturated rings. The monoisotopic (exact) mass is 461 g/mol. The van der Waals surface area contributed by atoms with Crippen molar-refractivity contribution in [3.8, 4) is 0 Å². The van der Waals surface area contributed by atoms with Crippen LogP contribution in [0.5, 0.6) is 0 Å². The fraction of sp³-hybridized carbons (Fsp3) is 0.417. The van der Waals surface area contributed by atoms with E-state index in [9.17, 15) is 9.59 Å². The molecule has 0 saturated heterocycles. The number of anilines is 1. The molecule has 0 spiro atoms. The molecule has 2 N–H and O–H groups in total. The Morgan fingerprint density at radius 1 is 1.13 bits per heavy atom. The van der Waals surface area contributed by atoms with Gasteiger partial charge in [0.15, 0.2) is 0 Å². The Labute approximate surface area is 194 Å². The predicted octanol–water partition coefficient (Wildman–Crippen LogP) is 4.87. The lowest BCUT2D eigenvalue weighted by Crippen LogP contribution is -2.56. The maximum atomic E-state index is 13.7. The number of amides is 2. The summed E-state index contributed by atoms with van der Waals surface area (Å²) in [5.41, 5.74) is 1.54. The Morgan fingerprint density at radius 3 is 2.48 bits per heavy atom. The molecule has 5 nitrogen and oxygen atoms in total. The molecule has 1 aliphatic rings. The van der Waals surface area contributed by atoms with Crippen LogP contribution >= 0.6 is 23.2 Å². The summed E-state index contributed by atoms with van der Waals surface area (Å²) in [5, 5.41) is 7.11. The Balaban J connectivity index is 2.13. The molecular formula is C24H29Cl2N3O2. The summed E-state index contributed by atoms with van der Waals surface area (Å²) in [6.07, 6.45) is 0.449. The lowest BCUT2D eigenvalue weighted by Gasteiger charge is -2.43. The van der Waals surface area contributed by atoms with Gasteiger partial charge in [-0.25, -0.2) is 0 Å². The highest BCUT2D eigenvalue weighted by molar-refractivity contribution is 6.31. The van der Waals surface area contributed by atoms with Gasteiger partial charge >= 0.3 is 0 Å². The first-order valence-corrected chi connectivity index (χ1v) is 11.1. The Bertz CT molecular complexity index is 987. The molecule has 166 valence electrons. The van der Waals surface area contributed by atoms with Gasteiger partial charge in [0.25, 0.3) is 0 Å². The molecule has 0 saturated carbocycles. The third-order valence-corrected chi connectivity index (χ3v) is 5.83. The second-order valence-corrected chi connectivity index (χ2v) is 10.1. The number of fused-ring (bicyclic) bond motifs is 1. The van der Waals surface area contributed by atoms with E-state index in [-0.39, 0.29) is 17.2 Å². The van der Waals surface area contributed by atoms with Crippen molar-refractivity contribution in [3.05, 3.63) is 63.6 Å². The minimum absolute atomic E-state index is 0.0764. The zero-order chi connectivity index (χ0) is 22.8. The molecule has 31 heavy (non-hydrogen) atoms.